The van der Waals surface area contributed by atoms with Gasteiger partial charge in [0.25, 0.3) is 5.91 Å². The van der Waals surface area contributed by atoms with Crippen LogP contribution in [0.1, 0.15) is 11.1 Å². The number of hydrogen-bond donors (Lipinski definition) is 1. The quantitative estimate of drug-likeness (QED) is 0.493. The molecule has 29 heavy (non-hydrogen) atoms. The lowest BCUT2D eigenvalue weighted by molar-refractivity contribution is -0.118. The molecule has 6 nitrogen and oxygen atoms in total. The number of ether oxygens (including phenoxy) is 1. The highest BCUT2D eigenvalue weighted by Gasteiger charge is 2.13. The second-order valence-electron chi connectivity index (χ2n) is 6.57. The minimum atomic E-state index is -0.316. The van der Waals surface area contributed by atoms with Gasteiger partial charge in [0.2, 0.25) is 5.89 Å². The first-order chi connectivity index (χ1) is 14.0. The molecule has 0 unspecified atom stereocenters. The Morgan fingerprint density at radius 1 is 1.17 bits per heavy atom. The molecule has 4 aromatic rings. The van der Waals surface area contributed by atoms with Crippen molar-refractivity contribution in [3.8, 4) is 17.2 Å². The van der Waals surface area contributed by atoms with Crippen LogP contribution in [0.3, 0.4) is 0 Å². The molecule has 2 aromatic heterocycles. The molecule has 0 spiro atoms. The van der Waals surface area contributed by atoms with Gasteiger partial charge in [-0.05, 0) is 61.4 Å². The van der Waals surface area contributed by atoms with Crippen molar-refractivity contribution in [2.24, 2.45) is 0 Å². The molecule has 0 radical (unpaired) electrons. The van der Waals surface area contributed by atoms with Gasteiger partial charge in [0.1, 0.15) is 5.75 Å². The summed E-state index contributed by atoms with van der Waals surface area (Å²) in [5, 5.41) is 3.18. The summed E-state index contributed by atoms with van der Waals surface area (Å²) in [5.74, 6) is 0.765. The van der Waals surface area contributed by atoms with Crippen LogP contribution in [0.5, 0.6) is 5.75 Å². The molecule has 0 atom stereocenters. The fourth-order valence-electron chi connectivity index (χ4n) is 2.86. The first-order valence-corrected chi connectivity index (χ1v) is 9.39. The lowest BCUT2D eigenvalue weighted by Gasteiger charge is -2.12. The molecule has 0 saturated heterocycles. The van der Waals surface area contributed by atoms with Crippen molar-refractivity contribution in [3.05, 3.63) is 70.9 Å². The Bertz CT molecular complexity index is 1170. The van der Waals surface area contributed by atoms with Gasteiger partial charge >= 0.3 is 0 Å². The van der Waals surface area contributed by atoms with E-state index in [9.17, 15) is 4.79 Å². The summed E-state index contributed by atoms with van der Waals surface area (Å²) in [6, 6.07) is 14.5. The third kappa shape index (κ3) is 4.07. The maximum absolute atomic E-state index is 12.4. The Morgan fingerprint density at radius 2 is 2.03 bits per heavy atom. The minimum absolute atomic E-state index is 0.127. The smallest absolute Gasteiger partial charge is 0.262 e. The Kier molecular flexibility index (Phi) is 5.18. The third-order valence-corrected chi connectivity index (χ3v) is 4.90. The fraction of sp³-hybridized carbons (Fsp3) is 0.136. The summed E-state index contributed by atoms with van der Waals surface area (Å²) in [5.41, 5.74) is 4.35. The van der Waals surface area contributed by atoms with Crippen molar-refractivity contribution >= 4 is 34.4 Å². The van der Waals surface area contributed by atoms with Gasteiger partial charge in [-0.25, -0.2) is 4.98 Å². The second kappa shape index (κ2) is 7.93. The molecule has 4 rings (SSSR count). The number of carbonyl (C=O) groups excluding carboxylic acids is 1. The number of hydrogen-bond acceptors (Lipinski definition) is 5. The average molecular weight is 408 g/mol. The Labute approximate surface area is 172 Å². The standard InChI is InChI=1S/C22H18ClN3O3/c1-13-5-3-6-18(14(13)2)28-12-20(27)25-17-11-15(8-9-16(17)23)22-26-21-19(29-22)7-4-10-24-21/h3-11H,12H2,1-2H3,(H,25,27). The first kappa shape index (κ1) is 19.0. The van der Waals surface area contributed by atoms with Crippen LogP contribution in [-0.2, 0) is 4.79 Å². The highest BCUT2D eigenvalue weighted by Crippen LogP contribution is 2.30. The van der Waals surface area contributed by atoms with Crippen molar-refractivity contribution in [2.75, 3.05) is 11.9 Å². The fourth-order valence-corrected chi connectivity index (χ4v) is 3.02. The maximum atomic E-state index is 12.4. The molecule has 0 fully saturated rings. The van der Waals surface area contributed by atoms with Gasteiger partial charge in [0.05, 0.1) is 10.7 Å². The Balaban J connectivity index is 1.50. The minimum Gasteiger partial charge on any atom is -0.483 e. The van der Waals surface area contributed by atoms with Crippen molar-refractivity contribution < 1.29 is 13.9 Å². The van der Waals surface area contributed by atoms with E-state index >= 15 is 0 Å². The van der Waals surface area contributed by atoms with Gasteiger partial charge in [-0.3, -0.25) is 4.79 Å². The first-order valence-electron chi connectivity index (χ1n) is 9.01. The highest BCUT2D eigenvalue weighted by atomic mass is 35.5. The van der Waals surface area contributed by atoms with Crippen LogP contribution >= 0.6 is 11.6 Å². The van der Waals surface area contributed by atoms with E-state index in [-0.39, 0.29) is 12.5 Å². The monoisotopic (exact) mass is 407 g/mol. The molecule has 2 aromatic carbocycles. The number of fused-ring (bicyclic) bond motifs is 1. The van der Waals surface area contributed by atoms with Gasteiger partial charge in [-0.1, -0.05) is 23.7 Å². The summed E-state index contributed by atoms with van der Waals surface area (Å²) in [7, 11) is 0. The third-order valence-electron chi connectivity index (χ3n) is 4.57. The molecule has 1 amide bonds. The van der Waals surface area contributed by atoms with Crippen molar-refractivity contribution in [1.82, 2.24) is 9.97 Å². The number of carbonyl (C=O) groups is 1. The number of amides is 1. The van der Waals surface area contributed by atoms with Crippen LogP contribution < -0.4 is 10.1 Å². The number of halogens is 1. The summed E-state index contributed by atoms with van der Waals surface area (Å²) < 4.78 is 11.4. The zero-order valence-electron chi connectivity index (χ0n) is 15.9. The number of nitrogens with one attached hydrogen (secondary N) is 1. The van der Waals surface area contributed by atoms with Crippen molar-refractivity contribution in [2.45, 2.75) is 13.8 Å². The van der Waals surface area contributed by atoms with Gasteiger partial charge < -0.3 is 14.5 Å². The molecule has 0 aliphatic carbocycles. The van der Waals surface area contributed by atoms with E-state index in [1.807, 2.05) is 32.0 Å². The number of nitrogens with zero attached hydrogens (tertiary/aromatic N) is 2. The van der Waals surface area contributed by atoms with E-state index in [0.29, 0.717) is 39.1 Å². The lowest BCUT2D eigenvalue weighted by atomic mass is 10.1. The zero-order valence-corrected chi connectivity index (χ0v) is 16.7. The van der Waals surface area contributed by atoms with Crippen LogP contribution in [0.2, 0.25) is 5.02 Å². The number of oxazole rings is 1. The van der Waals surface area contributed by atoms with Crippen LogP contribution in [0.4, 0.5) is 5.69 Å². The van der Waals surface area contributed by atoms with Gasteiger partial charge in [0.15, 0.2) is 17.8 Å². The zero-order chi connectivity index (χ0) is 20.4. The predicted octanol–water partition coefficient (Wildman–Crippen LogP) is 5.18. The summed E-state index contributed by atoms with van der Waals surface area (Å²) in [4.78, 5) is 20.9. The van der Waals surface area contributed by atoms with Crippen LogP contribution in [0, 0.1) is 13.8 Å². The highest BCUT2D eigenvalue weighted by molar-refractivity contribution is 6.33. The topological polar surface area (TPSA) is 77.2 Å². The maximum Gasteiger partial charge on any atom is 0.262 e. The van der Waals surface area contributed by atoms with E-state index in [2.05, 4.69) is 15.3 Å². The normalized spacial score (nSPS) is 10.9. The molecule has 7 heteroatoms. The predicted molar refractivity (Wildman–Crippen MR) is 112 cm³/mol. The Morgan fingerprint density at radius 3 is 2.86 bits per heavy atom. The van der Waals surface area contributed by atoms with Gasteiger partial charge in [-0.2, -0.15) is 4.98 Å². The number of pyridine rings is 1. The summed E-state index contributed by atoms with van der Waals surface area (Å²) in [6.07, 6.45) is 1.65. The van der Waals surface area contributed by atoms with Crippen molar-refractivity contribution in [1.29, 1.82) is 0 Å². The van der Waals surface area contributed by atoms with E-state index in [1.165, 1.54) is 0 Å². The molecule has 2 heterocycles. The Hall–Kier alpha value is -3.38. The average Bonchev–Trinajstić information content (AvgIpc) is 3.15. The molecular weight excluding hydrogens is 390 g/mol. The van der Waals surface area contributed by atoms with Crippen LogP contribution in [-0.4, -0.2) is 22.5 Å². The van der Waals surface area contributed by atoms with Crippen molar-refractivity contribution in [3.63, 3.8) is 0 Å². The van der Waals surface area contributed by atoms with E-state index < -0.39 is 0 Å². The van der Waals surface area contributed by atoms with Gasteiger partial charge in [-0.15, -0.1) is 0 Å². The molecule has 0 saturated carbocycles. The molecule has 1 N–H and O–H groups in total. The number of anilines is 1. The molecule has 0 aliphatic rings. The summed E-state index contributed by atoms with van der Waals surface area (Å²) >= 11 is 6.25. The SMILES string of the molecule is Cc1cccc(OCC(=O)Nc2cc(-c3nc4ncccc4o3)ccc2Cl)c1C. The number of aromatic nitrogens is 2. The summed E-state index contributed by atoms with van der Waals surface area (Å²) in [6.45, 7) is 3.82. The van der Waals surface area contributed by atoms with E-state index in [4.69, 9.17) is 20.8 Å². The molecule has 146 valence electrons. The number of benzene rings is 2. The van der Waals surface area contributed by atoms with E-state index in [1.54, 1.807) is 36.5 Å². The van der Waals surface area contributed by atoms with E-state index in [0.717, 1.165) is 11.1 Å². The number of aryl methyl sites for hydroxylation is 1. The molecular formula is C22H18ClN3O3. The van der Waals surface area contributed by atoms with Crippen LogP contribution in [0.15, 0.2) is 59.1 Å². The number of rotatable bonds is 5. The largest absolute Gasteiger partial charge is 0.483 e. The lowest BCUT2D eigenvalue weighted by Crippen LogP contribution is -2.20. The second-order valence-corrected chi connectivity index (χ2v) is 6.98. The van der Waals surface area contributed by atoms with Gasteiger partial charge in [0, 0.05) is 11.8 Å². The molecule has 0 aliphatic heterocycles. The molecule has 0 bridgehead atoms. The van der Waals surface area contributed by atoms with Crippen LogP contribution in [0.25, 0.3) is 22.7 Å².